The summed E-state index contributed by atoms with van der Waals surface area (Å²) in [6, 6.07) is 4.71. The molecule has 0 saturated heterocycles. The summed E-state index contributed by atoms with van der Waals surface area (Å²) in [6.07, 6.45) is 4.33. The van der Waals surface area contributed by atoms with Crippen LogP contribution in [0.2, 0.25) is 10.0 Å². The van der Waals surface area contributed by atoms with Gasteiger partial charge in [-0.15, -0.1) is 0 Å². The third-order valence-electron chi connectivity index (χ3n) is 1.97. The molecule has 0 saturated carbocycles. The van der Waals surface area contributed by atoms with Crippen molar-refractivity contribution in [1.29, 1.82) is 0 Å². The third-order valence-corrected chi connectivity index (χ3v) is 2.53. The third kappa shape index (κ3) is 2.21. The average molecular weight is 253 g/mol. The lowest BCUT2D eigenvalue weighted by Crippen LogP contribution is -2.05. The maximum atomic E-state index is 12.0. The molecule has 16 heavy (non-hydrogen) atoms. The van der Waals surface area contributed by atoms with Gasteiger partial charge in [0, 0.05) is 23.0 Å². The van der Waals surface area contributed by atoms with E-state index in [2.05, 4.69) is 9.97 Å². The number of ketones is 1. The Morgan fingerprint density at radius 3 is 2.69 bits per heavy atom. The second-order valence-electron chi connectivity index (χ2n) is 3.04. The quantitative estimate of drug-likeness (QED) is 0.772. The molecule has 3 nitrogen and oxygen atoms in total. The van der Waals surface area contributed by atoms with E-state index in [0.29, 0.717) is 15.6 Å². The Labute approximate surface area is 102 Å². The van der Waals surface area contributed by atoms with Gasteiger partial charge in [0.15, 0.2) is 0 Å². The fraction of sp³-hybridized carbons (Fsp3) is 0. The van der Waals surface area contributed by atoms with Crippen LogP contribution in [0.3, 0.4) is 0 Å². The van der Waals surface area contributed by atoms with Crippen LogP contribution in [0.1, 0.15) is 16.1 Å². The van der Waals surface area contributed by atoms with Crippen molar-refractivity contribution in [1.82, 2.24) is 9.97 Å². The molecule has 0 radical (unpaired) electrons. The zero-order valence-electron chi connectivity index (χ0n) is 8.02. The van der Waals surface area contributed by atoms with Crippen LogP contribution in [-0.2, 0) is 0 Å². The summed E-state index contributed by atoms with van der Waals surface area (Å²) < 4.78 is 0. The van der Waals surface area contributed by atoms with Gasteiger partial charge in [-0.2, -0.15) is 0 Å². The minimum Gasteiger partial charge on any atom is -0.287 e. The first-order valence-corrected chi connectivity index (χ1v) is 5.20. The fourth-order valence-corrected chi connectivity index (χ4v) is 1.60. The zero-order valence-corrected chi connectivity index (χ0v) is 9.53. The van der Waals surface area contributed by atoms with Crippen molar-refractivity contribution < 1.29 is 4.79 Å². The first-order chi connectivity index (χ1) is 7.68. The fourth-order valence-electron chi connectivity index (χ4n) is 1.23. The van der Waals surface area contributed by atoms with Crippen molar-refractivity contribution in [2.75, 3.05) is 0 Å². The monoisotopic (exact) mass is 252 g/mol. The molecule has 0 aliphatic carbocycles. The smallest absolute Gasteiger partial charge is 0.214 e. The molecule has 2 aromatic rings. The van der Waals surface area contributed by atoms with Crippen molar-refractivity contribution in [3.05, 3.63) is 58.1 Å². The molecule has 0 fully saturated rings. The van der Waals surface area contributed by atoms with Gasteiger partial charge in [0.25, 0.3) is 0 Å². The molecular weight excluding hydrogens is 247 g/mol. The molecule has 2 rings (SSSR count). The standard InChI is InChI=1S/C11H6Cl2N2O/c12-7-1-2-9(13)8(5-7)11(16)10-6-14-3-4-15-10/h1-6H. The molecule has 1 aromatic carbocycles. The Morgan fingerprint density at radius 1 is 1.19 bits per heavy atom. The van der Waals surface area contributed by atoms with E-state index in [1.54, 1.807) is 12.1 Å². The van der Waals surface area contributed by atoms with E-state index in [4.69, 9.17) is 23.2 Å². The number of carbonyl (C=O) groups is 1. The number of hydrogen-bond acceptors (Lipinski definition) is 3. The van der Waals surface area contributed by atoms with Crippen LogP contribution in [0.25, 0.3) is 0 Å². The normalized spacial score (nSPS) is 10.1. The van der Waals surface area contributed by atoms with E-state index in [-0.39, 0.29) is 11.5 Å². The maximum absolute atomic E-state index is 12.0. The van der Waals surface area contributed by atoms with Crippen molar-refractivity contribution >= 4 is 29.0 Å². The number of rotatable bonds is 2. The lowest BCUT2D eigenvalue weighted by atomic mass is 10.1. The van der Waals surface area contributed by atoms with E-state index < -0.39 is 0 Å². The van der Waals surface area contributed by atoms with Crippen molar-refractivity contribution in [2.45, 2.75) is 0 Å². The molecule has 80 valence electrons. The number of halogens is 2. The van der Waals surface area contributed by atoms with Gasteiger partial charge in [-0.3, -0.25) is 9.78 Å². The van der Waals surface area contributed by atoms with Crippen LogP contribution in [0.15, 0.2) is 36.8 Å². The molecule has 0 bridgehead atoms. The molecule has 0 atom stereocenters. The minimum absolute atomic E-state index is 0.242. The number of carbonyl (C=O) groups excluding carboxylic acids is 1. The molecule has 0 unspecified atom stereocenters. The topological polar surface area (TPSA) is 42.9 Å². The zero-order chi connectivity index (χ0) is 11.5. The molecule has 0 amide bonds. The highest BCUT2D eigenvalue weighted by molar-refractivity contribution is 6.36. The molecule has 1 heterocycles. The van der Waals surface area contributed by atoms with Crippen molar-refractivity contribution in [3.63, 3.8) is 0 Å². The summed E-state index contributed by atoms with van der Waals surface area (Å²) >= 11 is 11.7. The van der Waals surface area contributed by atoms with Gasteiger partial charge in [0.1, 0.15) is 5.69 Å². The van der Waals surface area contributed by atoms with E-state index >= 15 is 0 Å². The highest BCUT2D eigenvalue weighted by atomic mass is 35.5. The minimum atomic E-state index is -0.291. The van der Waals surface area contributed by atoms with Gasteiger partial charge < -0.3 is 0 Å². The second-order valence-corrected chi connectivity index (χ2v) is 3.89. The summed E-state index contributed by atoms with van der Waals surface area (Å²) in [5.41, 5.74) is 0.571. The highest BCUT2D eigenvalue weighted by Gasteiger charge is 2.14. The summed E-state index contributed by atoms with van der Waals surface area (Å²) in [4.78, 5) is 19.7. The Bertz CT molecular complexity index is 529. The van der Waals surface area contributed by atoms with Gasteiger partial charge in [0.2, 0.25) is 5.78 Å². The lowest BCUT2D eigenvalue weighted by Gasteiger charge is -2.02. The van der Waals surface area contributed by atoms with Crippen LogP contribution >= 0.6 is 23.2 Å². The maximum Gasteiger partial charge on any atom is 0.214 e. The number of nitrogens with zero attached hydrogens (tertiary/aromatic N) is 2. The number of hydrogen-bond donors (Lipinski definition) is 0. The molecule has 0 aliphatic heterocycles. The number of aromatic nitrogens is 2. The van der Waals surface area contributed by atoms with Gasteiger partial charge in [-0.25, -0.2) is 4.98 Å². The summed E-state index contributed by atoms with van der Waals surface area (Å²) in [5, 5.41) is 0.802. The lowest BCUT2D eigenvalue weighted by molar-refractivity contribution is 0.103. The second kappa shape index (κ2) is 4.60. The van der Waals surface area contributed by atoms with Crippen LogP contribution in [0.4, 0.5) is 0 Å². The van der Waals surface area contributed by atoms with Crippen LogP contribution in [-0.4, -0.2) is 15.8 Å². The average Bonchev–Trinajstić information content (AvgIpc) is 2.32. The molecule has 0 aliphatic rings. The Balaban J connectivity index is 2.46. The Kier molecular flexibility index (Phi) is 3.17. The molecule has 0 N–H and O–H groups in total. The Hall–Kier alpha value is -1.45. The van der Waals surface area contributed by atoms with Gasteiger partial charge in [-0.05, 0) is 18.2 Å². The van der Waals surface area contributed by atoms with Crippen LogP contribution < -0.4 is 0 Å². The van der Waals surface area contributed by atoms with Gasteiger partial charge in [0.05, 0.1) is 11.2 Å². The first kappa shape index (κ1) is 11.0. The molecular formula is C11H6Cl2N2O. The largest absolute Gasteiger partial charge is 0.287 e. The van der Waals surface area contributed by atoms with Gasteiger partial charge in [-0.1, -0.05) is 23.2 Å². The van der Waals surface area contributed by atoms with Gasteiger partial charge >= 0.3 is 0 Å². The predicted octanol–water partition coefficient (Wildman–Crippen LogP) is 3.01. The van der Waals surface area contributed by atoms with Crippen molar-refractivity contribution in [3.8, 4) is 0 Å². The molecule has 5 heteroatoms. The van der Waals surface area contributed by atoms with Crippen LogP contribution in [0, 0.1) is 0 Å². The number of benzene rings is 1. The van der Waals surface area contributed by atoms with E-state index in [1.165, 1.54) is 24.7 Å². The summed E-state index contributed by atoms with van der Waals surface area (Å²) in [6.45, 7) is 0. The highest BCUT2D eigenvalue weighted by Crippen LogP contribution is 2.22. The van der Waals surface area contributed by atoms with E-state index in [9.17, 15) is 4.79 Å². The van der Waals surface area contributed by atoms with E-state index in [0.717, 1.165) is 0 Å². The SMILES string of the molecule is O=C(c1cnccn1)c1cc(Cl)ccc1Cl. The van der Waals surface area contributed by atoms with Crippen molar-refractivity contribution in [2.24, 2.45) is 0 Å². The predicted molar refractivity (Wildman–Crippen MR) is 61.9 cm³/mol. The van der Waals surface area contributed by atoms with E-state index in [1.807, 2.05) is 0 Å². The molecule has 1 aromatic heterocycles. The first-order valence-electron chi connectivity index (χ1n) is 4.44. The Morgan fingerprint density at radius 2 is 2.00 bits per heavy atom. The molecule has 0 spiro atoms. The summed E-state index contributed by atoms with van der Waals surface area (Å²) in [5.74, 6) is -0.291. The summed E-state index contributed by atoms with van der Waals surface area (Å²) in [7, 11) is 0. The van der Waals surface area contributed by atoms with Crippen LogP contribution in [0.5, 0.6) is 0 Å².